The van der Waals surface area contributed by atoms with Crippen molar-refractivity contribution in [1.29, 1.82) is 0 Å². The predicted molar refractivity (Wildman–Crippen MR) is 109 cm³/mol. The summed E-state index contributed by atoms with van der Waals surface area (Å²) in [6.45, 7) is 8.42. The van der Waals surface area contributed by atoms with Gasteiger partial charge in [0.25, 0.3) is 0 Å². The number of nitrogens with one attached hydrogen (secondary N) is 1. The molecule has 2 aromatic rings. The third-order valence-electron chi connectivity index (χ3n) is 5.32. The van der Waals surface area contributed by atoms with E-state index in [0.29, 0.717) is 18.6 Å². The van der Waals surface area contributed by atoms with Crippen LogP contribution in [0.15, 0.2) is 48.5 Å². The summed E-state index contributed by atoms with van der Waals surface area (Å²) in [6, 6.07) is 18.1. The van der Waals surface area contributed by atoms with Crippen molar-refractivity contribution in [2.45, 2.75) is 45.2 Å². The molecule has 1 atom stereocenters. The number of ether oxygens (including phenoxy) is 1. The van der Waals surface area contributed by atoms with E-state index in [1.54, 1.807) is 0 Å². The Balaban J connectivity index is 1.43. The lowest BCUT2D eigenvalue weighted by Gasteiger charge is -2.23. The van der Waals surface area contributed by atoms with Gasteiger partial charge in [0.15, 0.2) is 0 Å². The van der Waals surface area contributed by atoms with Gasteiger partial charge in [0.1, 0.15) is 5.75 Å². The molecular formula is C23H32N2O. The molecule has 26 heavy (non-hydrogen) atoms. The summed E-state index contributed by atoms with van der Waals surface area (Å²) in [4.78, 5) is 2.46. The van der Waals surface area contributed by atoms with E-state index < -0.39 is 0 Å². The van der Waals surface area contributed by atoms with Gasteiger partial charge >= 0.3 is 0 Å². The van der Waals surface area contributed by atoms with Gasteiger partial charge in [0, 0.05) is 25.6 Å². The molecule has 3 heteroatoms. The molecule has 0 radical (unpaired) electrons. The first-order valence-electron chi connectivity index (χ1n) is 9.83. The van der Waals surface area contributed by atoms with E-state index in [2.05, 4.69) is 79.6 Å². The predicted octanol–water partition coefficient (Wildman–Crippen LogP) is 4.23. The monoisotopic (exact) mass is 352 g/mol. The van der Waals surface area contributed by atoms with Crippen molar-refractivity contribution in [3.8, 4) is 5.75 Å². The molecule has 3 rings (SSSR count). The lowest BCUT2D eigenvalue weighted by Crippen LogP contribution is -2.32. The van der Waals surface area contributed by atoms with E-state index in [1.165, 1.54) is 23.1 Å². The lowest BCUT2D eigenvalue weighted by atomic mass is 10.0. The first kappa shape index (κ1) is 18.9. The van der Waals surface area contributed by atoms with Crippen molar-refractivity contribution in [3.63, 3.8) is 0 Å². The molecule has 1 aliphatic heterocycles. The summed E-state index contributed by atoms with van der Waals surface area (Å²) in [5, 5.41) is 3.44. The van der Waals surface area contributed by atoms with E-state index in [9.17, 15) is 0 Å². The Morgan fingerprint density at radius 1 is 1.04 bits per heavy atom. The molecule has 0 spiro atoms. The van der Waals surface area contributed by atoms with Gasteiger partial charge in [-0.25, -0.2) is 0 Å². The van der Waals surface area contributed by atoms with Crippen LogP contribution in [0.25, 0.3) is 0 Å². The van der Waals surface area contributed by atoms with Gasteiger partial charge in [0.2, 0.25) is 0 Å². The average Bonchev–Trinajstić information content (AvgIpc) is 3.18. The fourth-order valence-electron chi connectivity index (χ4n) is 3.48. The van der Waals surface area contributed by atoms with Crippen LogP contribution in [0, 0.1) is 0 Å². The van der Waals surface area contributed by atoms with Crippen LogP contribution in [-0.2, 0) is 13.0 Å². The highest BCUT2D eigenvalue weighted by Gasteiger charge is 2.18. The highest BCUT2D eigenvalue weighted by atomic mass is 16.5. The van der Waals surface area contributed by atoms with E-state index in [4.69, 9.17) is 4.74 Å². The summed E-state index contributed by atoms with van der Waals surface area (Å²) in [5.74, 6) is 1.52. The molecule has 1 heterocycles. The van der Waals surface area contributed by atoms with Gasteiger partial charge in [-0.2, -0.15) is 0 Å². The van der Waals surface area contributed by atoms with Crippen molar-refractivity contribution < 1.29 is 4.74 Å². The standard InChI is InChI=1S/C23H32N2O/c1-18(2)21-8-10-23(11-9-21)26-15-13-19-4-6-20(7-5-19)17-25(3)22-12-14-24-16-22/h4-11,18,22,24H,12-17H2,1-3H3. The van der Waals surface area contributed by atoms with Gasteiger partial charge in [-0.3, -0.25) is 4.90 Å². The van der Waals surface area contributed by atoms with Crippen LogP contribution >= 0.6 is 0 Å². The van der Waals surface area contributed by atoms with Crippen molar-refractivity contribution in [2.75, 3.05) is 26.7 Å². The highest BCUT2D eigenvalue weighted by molar-refractivity contribution is 5.29. The normalized spacial score (nSPS) is 17.2. The number of likely N-dealkylation sites (N-methyl/N-ethyl adjacent to an activating group) is 1. The number of hydrogen-bond donors (Lipinski definition) is 1. The molecule has 2 aromatic carbocycles. The molecule has 1 saturated heterocycles. The third-order valence-corrected chi connectivity index (χ3v) is 5.32. The Morgan fingerprint density at radius 3 is 2.35 bits per heavy atom. The average molecular weight is 353 g/mol. The molecule has 1 unspecified atom stereocenters. The fourth-order valence-corrected chi connectivity index (χ4v) is 3.48. The van der Waals surface area contributed by atoms with Crippen LogP contribution in [0.5, 0.6) is 5.75 Å². The molecule has 1 aliphatic rings. The second kappa shape index (κ2) is 9.20. The Bertz CT molecular complexity index is 658. The molecule has 0 bridgehead atoms. The van der Waals surface area contributed by atoms with Crippen molar-refractivity contribution in [3.05, 3.63) is 65.2 Å². The van der Waals surface area contributed by atoms with Crippen LogP contribution in [0.3, 0.4) is 0 Å². The molecule has 0 saturated carbocycles. The lowest BCUT2D eigenvalue weighted by molar-refractivity contribution is 0.249. The first-order chi connectivity index (χ1) is 12.6. The van der Waals surface area contributed by atoms with Gasteiger partial charge in [-0.15, -0.1) is 0 Å². The second-order valence-corrected chi connectivity index (χ2v) is 7.70. The molecule has 1 fully saturated rings. The number of rotatable bonds is 8. The molecule has 0 aromatic heterocycles. The maximum atomic E-state index is 5.89. The summed E-state index contributed by atoms with van der Waals surface area (Å²) < 4.78 is 5.89. The van der Waals surface area contributed by atoms with E-state index >= 15 is 0 Å². The van der Waals surface area contributed by atoms with Gasteiger partial charge < -0.3 is 10.1 Å². The Labute approximate surface area is 158 Å². The molecule has 0 amide bonds. The topological polar surface area (TPSA) is 24.5 Å². The Hall–Kier alpha value is -1.84. The Kier molecular flexibility index (Phi) is 6.70. The summed E-state index contributed by atoms with van der Waals surface area (Å²) in [5.41, 5.74) is 4.07. The minimum absolute atomic E-state index is 0.562. The molecular weight excluding hydrogens is 320 g/mol. The van der Waals surface area contributed by atoms with Crippen LogP contribution in [-0.4, -0.2) is 37.7 Å². The van der Waals surface area contributed by atoms with E-state index in [0.717, 1.165) is 31.8 Å². The molecule has 140 valence electrons. The van der Waals surface area contributed by atoms with Crippen molar-refractivity contribution in [2.24, 2.45) is 0 Å². The maximum absolute atomic E-state index is 5.89. The van der Waals surface area contributed by atoms with Crippen LogP contribution < -0.4 is 10.1 Å². The molecule has 3 nitrogen and oxygen atoms in total. The zero-order chi connectivity index (χ0) is 18.4. The summed E-state index contributed by atoms with van der Waals surface area (Å²) in [7, 11) is 2.23. The number of benzene rings is 2. The summed E-state index contributed by atoms with van der Waals surface area (Å²) in [6.07, 6.45) is 2.19. The second-order valence-electron chi connectivity index (χ2n) is 7.70. The molecule has 1 N–H and O–H groups in total. The largest absolute Gasteiger partial charge is 0.493 e. The first-order valence-corrected chi connectivity index (χ1v) is 9.83. The smallest absolute Gasteiger partial charge is 0.119 e. The van der Waals surface area contributed by atoms with Crippen molar-refractivity contribution in [1.82, 2.24) is 10.2 Å². The summed E-state index contributed by atoms with van der Waals surface area (Å²) >= 11 is 0. The van der Waals surface area contributed by atoms with Crippen LogP contribution in [0.1, 0.15) is 42.9 Å². The Morgan fingerprint density at radius 2 is 1.73 bits per heavy atom. The van der Waals surface area contributed by atoms with Gasteiger partial charge in [-0.05, 0) is 54.8 Å². The minimum atomic E-state index is 0.562. The maximum Gasteiger partial charge on any atom is 0.119 e. The van der Waals surface area contributed by atoms with Gasteiger partial charge in [0.05, 0.1) is 6.61 Å². The SMILES string of the molecule is CC(C)c1ccc(OCCc2ccc(CN(C)C3CCNC3)cc2)cc1. The highest BCUT2D eigenvalue weighted by Crippen LogP contribution is 2.19. The minimum Gasteiger partial charge on any atom is -0.493 e. The van der Waals surface area contributed by atoms with Crippen LogP contribution in [0.4, 0.5) is 0 Å². The molecule has 0 aliphatic carbocycles. The zero-order valence-corrected chi connectivity index (χ0v) is 16.4. The zero-order valence-electron chi connectivity index (χ0n) is 16.4. The van der Waals surface area contributed by atoms with Gasteiger partial charge in [-0.1, -0.05) is 50.2 Å². The van der Waals surface area contributed by atoms with Crippen molar-refractivity contribution >= 4 is 0 Å². The van der Waals surface area contributed by atoms with E-state index in [-0.39, 0.29) is 0 Å². The van der Waals surface area contributed by atoms with Crippen LogP contribution in [0.2, 0.25) is 0 Å². The number of nitrogens with zero attached hydrogens (tertiary/aromatic N) is 1. The third kappa shape index (κ3) is 5.33. The quantitative estimate of drug-likeness (QED) is 0.770. The van der Waals surface area contributed by atoms with E-state index in [1.807, 2.05) is 0 Å². The fraction of sp³-hybridized carbons (Fsp3) is 0.478. The number of hydrogen-bond acceptors (Lipinski definition) is 3.